The molecule has 0 aromatic carbocycles. The number of aromatic nitrogens is 5. The van der Waals surface area contributed by atoms with Crippen LogP contribution in [0.25, 0.3) is 22.1 Å². The van der Waals surface area contributed by atoms with E-state index < -0.39 is 12.5 Å². The third-order valence-electron chi connectivity index (χ3n) is 5.87. The number of rotatable bonds is 5. The van der Waals surface area contributed by atoms with Gasteiger partial charge in [0.05, 0.1) is 18.3 Å². The number of aromatic amines is 1. The summed E-state index contributed by atoms with van der Waals surface area (Å²) < 4.78 is 31.3. The molecule has 0 saturated carbocycles. The summed E-state index contributed by atoms with van der Waals surface area (Å²) in [6, 6.07) is 5.77. The first kappa shape index (κ1) is 19.1. The van der Waals surface area contributed by atoms with E-state index in [4.69, 9.17) is 5.73 Å². The highest BCUT2D eigenvalue weighted by Crippen LogP contribution is 2.37. The number of fused-ring (bicyclic) bond motifs is 3. The monoisotopic (exact) mass is 411 g/mol. The third kappa shape index (κ3) is 3.23. The SMILES string of the molecule is NCC(F)(F)c1nc2cnc3[nH]ccc3c2n1C1CCN(Cc2cccnc2)CC1. The van der Waals surface area contributed by atoms with Crippen LogP contribution in [0.3, 0.4) is 0 Å². The summed E-state index contributed by atoms with van der Waals surface area (Å²) in [6.45, 7) is 1.66. The van der Waals surface area contributed by atoms with Gasteiger partial charge in [-0.1, -0.05) is 6.07 Å². The Labute approximate surface area is 171 Å². The predicted octanol–water partition coefficient (Wildman–Crippen LogP) is 3.20. The van der Waals surface area contributed by atoms with Crippen molar-refractivity contribution in [2.45, 2.75) is 31.4 Å². The van der Waals surface area contributed by atoms with Gasteiger partial charge in [-0.05, 0) is 30.5 Å². The molecule has 9 heteroatoms. The molecule has 0 aliphatic carbocycles. The van der Waals surface area contributed by atoms with Gasteiger partial charge in [0, 0.05) is 49.7 Å². The Bertz CT molecular complexity index is 1160. The normalized spacial score (nSPS) is 16.6. The average Bonchev–Trinajstić information content (AvgIpc) is 3.39. The molecule has 4 aromatic heterocycles. The molecule has 5 heterocycles. The number of likely N-dealkylation sites (tertiary alicyclic amines) is 1. The molecule has 5 rings (SSSR count). The molecule has 4 aromatic rings. The van der Waals surface area contributed by atoms with Gasteiger partial charge in [0.2, 0.25) is 0 Å². The van der Waals surface area contributed by atoms with Gasteiger partial charge < -0.3 is 15.3 Å². The van der Waals surface area contributed by atoms with Crippen molar-refractivity contribution < 1.29 is 8.78 Å². The number of nitrogens with two attached hydrogens (primary N) is 1. The highest BCUT2D eigenvalue weighted by atomic mass is 19.3. The molecule has 1 aliphatic rings. The quantitative estimate of drug-likeness (QED) is 0.527. The lowest BCUT2D eigenvalue weighted by atomic mass is 10.0. The minimum Gasteiger partial charge on any atom is -0.346 e. The van der Waals surface area contributed by atoms with Gasteiger partial charge in [0.1, 0.15) is 11.2 Å². The van der Waals surface area contributed by atoms with Crippen LogP contribution in [-0.4, -0.2) is 49.0 Å². The van der Waals surface area contributed by atoms with Gasteiger partial charge in [-0.3, -0.25) is 9.88 Å². The maximum absolute atomic E-state index is 14.8. The first-order valence-corrected chi connectivity index (χ1v) is 10.1. The van der Waals surface area contributed by atoms with E-state index in [0.29, 0.717) is 16.7 Å². The molecule has 1 aliphatic heterocycles. The van der Waals surface area contributed by atoms with Crippen molar-refractivity contribution in [3.8, 4) is 0 Å². The second-order valence-electron chi connectivity index (χ2n) is 7.81. The summed E-state index contributed by atoms with van der Waals surface area (Å²) in [4.78, 5) is 18.2. The van der Waals surface area contributed by atoms with Gasteiger partial charge in [-0.25, -0.2) is 9.97 Å². The Balaban J connectivity index is 1.50. The van der Waals surface area contributed by atoms with Crippen LogP contribution >= 0.6 is 0 Å². The van der Waals surface area contributed by atoms with Gasteiger partial charge in [-0.15, -0.1) is 0 Å². The number of alkyl halides is 2. The van der Waals surface area contributed by atoms with Crippen molar-refractivity contribution in [2.24, 2.45) is 5.73 Å². The maximum atomic E-state index is 14.8. The minimum absolute atomic E-state index is 0.0759. The summed E-state index contributed by atoms with van der Waals surface area (Å²) in [5, 5.41) is 0.803. The van der Waals surface area contributed by atoms with E-state index in [2.05, 4.69) is 30.9 Å². The van der Waals surface area contributed by atoms with E-state index in [0.717, 1.165) is 43.4 Å². The number of nitrogens with one attached hydrogen (secondary N) is 1. The highest BCUT2D eigenvalue weighted by molar-refractivity contribution is 6.01. The number of piperidine rings is 1. The molecule has 0 spiro atoms. The van der Waals surface area contributed by atoms with Crippen LogP contribution in [-0.2, 0) is 12.5 Å². The number of hydrogen-bond acceptors (Lipinski definition) is 5. The van der Waals surface area contributed by atoms with Crippen LogP contribution in [0.4, 0.5) is 8.78 Å². The zero-order valence-electron chi connectivity index (χ0n) is 16.4. The fourth-order valence-electron chi connectivity index (χ4n) is 4.38. The predicted molar refractivity (Wildman–Crippen MR) is 110 cm³/mol. The molecule has 0 radical (unpaired) electrons. The lowest BCUT2D eigenvalue weighted by Crippen LogP contribution is -2.36. The summed E-state index contributed by atoms with van der Waals surface area (Å²) in [7, 11) is 0. The van der Waals surface area contributed by atoms with Crippen molar-refractivity contribution in [2.75, 3.05) is 19.6 Å². The molecule has 0 bridgehead atoms. The van der Waals surface area contributed by atoms with E-state index in [1.807, 2.05) is 18.3 Å². The van der Waals surface area contributed by atoms with Crippen molar-refractivity contribution >= 4 is 22.1 Å². The van der Waals surface area contributed by atoms with Crippen molar-refractivity contribution in [3.05, 3.63) is 54.4 Å². The van der Waals surface area contributed by atoms with Crippen LogP contribution in [0.2, 0.25) is 0 Å². The summed E-state index contributed by atoms with van der Waals surface area (Å²) in [6.07, 6.45) is 8.46. The second-order valence-corrected chi connectivity index (χ2v) is 7.81. The molecule has 0 unspecified atom stereocenters. The molecular formula is C21H23F2N7. The molecule has 1 fully saturated rings. The summed E-state index contributed by atoms with van der Waals surface area (Å²) >= 11 is 0. The number of halogens is 2. The molecule has 30 heavy (non-hydrogen) atoms. The van der Waals surface area contributed by atoms with Gasteiger partial charge in [0.25, 0.3) is 0 Å². The molecule has 1 saturated heterocycles. The number of imidazole rings is 1. The Kier molecular flexibility index (Phi) is 4.71. The fraction of sp³-hybridized carbons (Fsp3) is 0.381. The standard InChI is InChI=1S/C21H23F2N7/c22-21(23,13-24)20-28-17-11-27-19-16(3-7-26-19)18(17)30(20)15-4-8-29(9-5-15)12-14-2-1-6-25-10-14/h1-3,6-7,10-11,15H,4-5,8-9,12-13,24H2,(H,26,27). The first-order valence-electron chi connectivity index (χ1n) is 10.1. The summed E-state index contributed by atoms with van der Waals surface area (Å²) in [5.74, 6) is -3.46. The highest BCUT2D eigenvalue weighted by Gasteiger charge is 2.39. The molecule has 156 valence electrons. The zero-order valence-corrected chi connectivity index (χ0v) is 16.4. The van der Waals surface area contributed by atoms with E-state index >= 15 is 0 Å². The molecule has 3 N–H and O–H groups in total. The lowest BCUT2D eigenvalue weighted by molar-refractivity contribution is -0.00915. The fourth-order valence-corrected chi connectivity index (χ4v) is 4.38. The van der Waals surface area contributed by atoms with Crippen molar-refractivity contribution in [3.63, 3.8) is 0 Å². The van der Waals surface area contributed by atoms with E-state index in [9.17, 15) is 8.78 Å². The maximum Gasteiger partial charge on any atom is 0.316 e. The Hall–Kier alpha value is -2.91. The van der Waals surface area contributed by atoms with Gasteiger partial charge in [-0.2, -0.15) is 8.78 Å². The molecule has 0 amide bonds. The lowest BCUT2D eigenvalue weighted by Gasteiger charge is -2.34. The first-order chi connectivity index (χ1) is 14.6. The summed E-state index contributed by atoms with van der Waals surface area (Å²) in [5.41, 5.74) is 8.42. The number of hydrogen-bond donors (Lipinski definition) is 2. The Morgan fingerprint density at radius 1 is 1.20 bits per heavy atom. The molecule has 0 atom stereocenters. The Morgan fingerprint density at radius 2 is 2.03 bits per heavy atom. The van der Waals surface area contributed by atoms with Gasteiger partial charge >= 0.3 is 5.92 Å². The van der Waals surface area contributed by atoms with Crippen molar-refractivity contribution in [1.82, 2.24) is 29.4 Å². The van der Waals surface area contributed by atoms with Crippen LogP contribution in [0.15, 0.2) is 43.0 Å². The van der Waals surface area contributed by atoms with Crippen LogP contribution in [0.5, 0.6) is 0 Å². The zero-order chi connectivity index (χ0) is 20.7. The van der Waals surface area contributed by atoms with Crippen LogP contribution in [0, 0.1) is 0 Å². The number of H-pyrrole nitrogens is 1. The van der Waals surface area contributed by atoms with Crippen LogP contribution < -0.4 is 5.73 Å². The van der Waals surface area contributed by atoms with E-state index in [1.165, 1.54) is 0 Å². The molecule has 7 nitrogen and oxygen atoms in total. The number of nitrogens with zero attached hydrogens (tertiary/aromatic N) is 5. The van der Waals surface area contributed by atoms with Gasteiger partial charge in [0.15, 0.2) is 5.82 Å². The topological polar surface area (TPSA) is 88.7 Å². The largest absolute Gasteiger partial charge is 0.346 e. The van der Waals surface area contributed by atoms with Crippen LogP contribution in [0.1, 0.15) is 30.3 Å². The van der Waals surface area contributed by atoms with Crippen molar-refractivity contribution in [1.29, 1.82) is 0 Å². The molecular weight excluding hydrogens is 388 g/mol. The minimum atomic E-state index is -3.20. The third-order valence-corrected chi connectivity index (χ3v) is 5.87. The Morgan fingerprint density at radius 3 is 2.77 bits per heavy atom. The smallest absolute Gasteiger partial charge is 0.316 e. The average molecular weight is 411 g/mol. The van der Waals surface area contributed by atoms with E-state index in [1.54, 1.807) is 23.2 Å². The second kappa shape index (κ2) is 7.41. The van der Waals surface area contributed by atoms with E-state index in [-0.39, 0.29) is 11.9 Å². The number of pyridine rings is 2.